The largest absolute Gasteiger partial charge is 0.376 e. The molecule has 2 aromatic heterocycles. The highest BCUT2D eigenvalue weighted by Crippen LogP contribution is 2.35. The van der Waals surface area contributed by atoms with Gasteiger partial charge >= 0.3 is 0 Å². The van der Waals surface area contributed by atoms with Crippen molar-refractivity contribution in [2.45, 2.75) is 38.8 Å². The summed E-state index contributed by atoms with van der Waals surface area (Å²) >= 11 is 0. The van der Waals surface area contributed by atoms with Crippen LogP contribution in [0.1, 0.15) is 41.1 Å². The molecule has 5 rings (SSSR count). The summed E-state index contributed by atoms with van der Waals surface area (Å²) in [5, 5.41) is 4.88. The van der Waals surface area contributed by atoms with E-state index in [-0.39, 0.29) is 0 Å². The van der Waals surface area contributed by atoms with Crippen LogP contribution in [0.4, 0.5) is 0 Å². The van der Waals surface area contributed by atoms with Crippen molar-refractivity contribution in [2.24, 2.45) is 0 Å². The first kappa shape index (κ1) is 15.1. The Morgan fingerprint density at radius 1 is 1.20 bits per heavy atom. The molecule has 4 heteroatoms. The summed E-state index contributed by atoms with van der Waals surface area (Å²) in [5.74, 6) is 0. The Balaban J connectivity index is 1.66. The van der Waals surface area contributed by atoms with Gasteiger partial charge < -0.3 is 15.0 Å². The van der Waals surface area contributed by atoms with Crippen molar-refractivity contribution in [2.75, 3.05) is 13.2 Å². The number of hydrogen-bond donors (Lipinski definition) is 2. The van der Waals surface area contributed by atoms with E-state index in [0.29, 0.717) is 6.04 Å². The lowest BCUT2D eigenvalue weighted by Crippen LogP contribution is -2.19. The Labute approximate surface area is 147 Å². The molecule has 0 amide bonds. The third kappa shape index (κ3) is 2.57. The number of aromatic nitrogens is 2. The molecule has 4 nitrogen and oxygen atoms in total. The van der Waals surface area contributed by atoms with Gasteiger partial charge in [-0.3, -0.25) is 0 Å². The van der Waals surface area contributed by atoms with E-state index >= 15 is 0 Å². The number of hydrogen-bond acceptors (Lipinski definition) is 3. The van der Waals surface area contributed by atoms with Crippen LogP contribution in [-0.2, 0) is 17.8 Å². The molecule has 1 atom stereocenters. The van der Waals surface area contributed by atoms with Gasteiger partial charge in [0.25, 0.3) is 0 Å². The smallest absolute Gasteiger partial charge is 0.137 e. The molecule has 0 saturated carbocycles. The number of ether oxygens (including phenoxy) is 1. The van der Waals surface area contributed by atoms with E-state index in [1.807, 2.05) is 12.4 Å². The van der Waals surface area contributed by atoms with Crippen molar-refractivity contribution < 1.29 is 4.74 Å². The van der Waals surface area contributed by atoms with E-state index in [2.05, 4.69) is 40.4 Å². The number of fused-ring (bicyclic) bond motifs is 2. The van der Waals surface area contributed by atoms with Gasteiger partial charge in [-0.05, 0) is 78.7 Å². The van der Waals surface area contributed by atoms with E-state index in [1.54, 1.807) is 0 Å². The lowest BCUT2D eigenvalue weighted by molar-refractivity contribution is 0.110. The van der Waals surface area contributed by atoms with Crippen LogP contribution in [0.2, 0.25) is 0 Å². The number of aryl methyl sites for hydroxylation is 1. The standard InChI is InChI=1S/C21H23N3O/c1-13-10-23-21-18(13)9-15(11-24-21)14-7-16-12-25-6-4-17(16)19(8-14)20-3-2-5-22-20/h7-11,20,22H,2-6,12H2,1H3,(H,23,24)/t20-/m0/s1. The Kier molecular flexibility index (Phi) is 3.61. The number of rotatable bonds is 2. The second kappa shape index (κ2) is 5.97. The van der Waals surface area contributed by atoms with Gasteiger partial charge in [0.1, 0.15) is 5.65 Å². The maximum Gasteiger partial charge on any atom is 0.137 e. The number of nitrogens with one attached hydrogen (secondary N) is 2. The summed E-state index contributed by atoms with van der Waals surface area (Å²) in [4.78, 5) is 7.85. The van der Waals surface area contributed by atoms with Crippen LogP contribution in [0, 0.1) is 6.92 Å². The Bertz CT molecular complexity index is 938. The first-order valence-electron chi connectivity index (χ1n) is 9.20. The second-order valence-corrected chi connectivity index (χ2v) is 7.25. The predicted molar refractivity (Wildman–Crippen MR) is 99.6 cm³/mol. The van der Waals surface area contributed by atoms with Crippen LogP contribution in [0.15, 0.2) is 30.6 Å². The highest BCUT2D eigenvalue weighted by atomic mass is 16.5. The van der Waals surface area contributed by atoms with Crippen LogP contribution in [0.5, 0.6) is 0 Å². The Morgan fingerprint density at radius 2 is 2.16 bits per heavy atom. The summed E-state index contributed by atoms with van der Waals surface area (Å²) in [7, 11) is 0. The lowest BCUT2D eigenvalue weighted by Gasteiger charge is -2.24. The summed E-state index contributed by atoms with van der Waals surface area (Å²) in [5.41, 5.74) is 8.95. The third-order valence-corrected chi connectivity index (χ3v) is 5.64. The van der Waals surface area contributed by atoms with Crippen molar-refractivity contribution in [3.05, 3.63) is 52.8 Å². The fourth-order valence-electron chi connectivity index (χ4n) is 4.27. The van der Waals surface area contributed by atoms with E-state index in [4.69, 9.17) is 4.74 Å². The van der Waals surface area contributed by atoms with Gasteiger partial charge in [-0.2, -0.15) is 0 Å². The SMILES string of the molecule is Cc1c[nH]c2ncc(-c3cc4c(c([C@@H]5CCCN5)c3)CCOC4)cc12. The molecule has 2 aliphatic heterocycles. The summed E-state index contributed by atoms with van der Waals surface area (Å²) in [6.45, 7) is 4.80. The van der Waals surface area contributed by atoms with E-state index in [0.717, 1.165) is 31.8 Å². The van der Waals surface area contributed by atoms with Gasteiger partial charge in [0.05, 0.1) is 13.2 Å². The molecule has 1 aromatic carbocycles. The van der Waals surface area contributed by atoms with Crippen LogP contribution >= 0.6 is 0 Å². The van der Waals surface area contributed by atoms with Gasteiger partial charge in [-0.25, -0.2) is 4.98 Å². The van der Waals surface area contributed by atoms with E-state index < -0.39 is 0 Å². The zero-order chi connectivity index (χ0) is 16.8. The molecule has 2 N–H and O–H groups in total. The molecule has 1 fully saturated rings. The summed E-state index contributed by atoms with van der Waals surface area (Å²) < 4.78 is 5.74. The molecule has 0 radical (unpaired) electrons. The molecular formula is C21H23N3O. The van der Waals surface area contributed by atoms with Crippen LogP contribution in [-0.4, -0.2) is 23.1 Å². The zero-order valence-corrected chi connectivity index (χ0v) is 14.6. The van der Waals surface area contributed by atoms with Crippen LogP contribution < -0.4 is 5.32 Å². The number of aromatic amines is 1. The molecule has 0 bridgehead atoms. The molecule has 3 aromatic rings. The van der Waals surface area contributed by atoms with Crippen molar-refractivity contribution >= 4 is 11.0 Å². The number of nitrogens with zero attached hydrogens (tertiary/aromatic N) is 1. The average molecular weight is 333 g/mol. The molecular weight excluding hydrogens is 310 g/mol. The molecule has 0 spiro atoms. The first-order chi connectivity index (χ1) is 12.3. The van der Waals surface area contributed by atoms with Crippen molar-refractivity contribution in [3.63, 3.8) is 0 Å². The highest BCUT2D eigenvalue weighted by Gasteiger charge is 2.24. The van der Waals surface area contributed by atoms with Crippen LogP contribution in [0.25, 0.3) is 22.2 Å². The quantitative estimate of drug-likeness (QED) is 0.744. The Hall–Kier alpha value is -2.17. The Morgan fingerprint density at radius 3 is 3.04 bits per heavy atom. The maximum atomic E-state index is 5.74. The topological polar surface area (TPSA) is 49.9 Å². The summed E-state index contributed by atoms with van der Waals surface area (Å²) in [6, 6.07) is 7.43. The minimum atomic E-state index is 0.484. The first-order valence-corrected chi connectivity index (χ1v) is 9.20. The maximum absolute atomic E-state index is 5.74. The summed E-state index contributed by atoms with van der Waals surface area (Å²) in [6.07, 6.45) is 7.52. The van der Waals surface area contributed by atoms with Crippen molar-refractivity contribution in [1.29, 1.82) is 0 Å². The molecule has 4 heterocycles. The van der Waals surface area contributed by atoms with Gasteiger partial charge in [0, 0.05) is 29.4 Å². The highest BCUT2D eigenvalue weighted by molar-refractivity contribution is 5.84. The van der Waals surface area contributed by atoms with Crippen molar-refractivity contribution in [3.8, 4) is 11.1 Å². The van der Waals surface area contributed by atoms with Crippen LogP contribution in [0.3, 0.4) is 0 Å². The second-order valence-electron chi connectivity index (χ2n) is 7.25. The number of pyridine rings is 1. The zero-order valence-electron chi connectivity index (χ0n) is 14.6. The van der Waals surface area contributed by atoms with E-state index in [9.17, 15) is 0 Å². The van der Waals surface area contributed by atoms with Gasteiger partial charge in [0.2, 0.25) is 0 Å². The molecule has 25 heavy (non-hydrogen) atoms. The third-order valence-electron chi connectivity index (χ3n) is 5.64. The number of H-pyrrole nitrogens is 1. The van der Waals surface area contributed by atoms with Gasteiger partial charge in [-0.15, -0.1) is 0 Å². The predicted octanol–water partition coefficient (Wildman–Crippen LogP) is 4.04. The average Bonchev–Trinajstić information content (AvgIpc) is 3.31. The molecule has 0 aliphatic carbocycles. The molecule has 2 aliphatic rings. The minimum Gasteiger partial charge on any atom is -0.376 e. The molecule has 0 unspecified atom stereocenters. The number of benzene rings is 1. The lowest BCUT2D eigenvalue weighted by atomic mass is 9.88. The van der Waals surface area contributed by atoms with E-state index in [1.165, 1.54) is 51.6 Å². The van der Waals surface area contributed by atoms with Crippen molar-refractivity contribution in [1.82, 2.24) is 15.3 Å². The fraction of sp³-hybridized carbons (Fsp3) is 0.381. The normalized spacial score (nSPS) is 20.1. The molecule has 1 saturated heterocycles. The minimum absolute atomic E-state index is 0.484. The fourth-order valence-corrected chi connectivity index (χ4v) is 4.27. The monoisotopic (exact) mass is 333 g/mol. The molecule has 128 valence electrons. The van der Waals surface area contributed by atoms with Gasteiger partial charge in [-0.1, -0.05) is 0 Å². The van der Waals surface area contributed by atoms with Gasteiger partial charge in [0.15, 0.2) is 0 Å².